The third-order valence-electron chi connectivity index (χ3n) is 4.15. The second-order valence-electron chi connectivity index (χ2n) is 6.09. The Balaban J connectivity index is 1.49. The van der Waals surface area contributed by atoms with Gasteiger partial charge in [0.2, 0.25) is 16.9 Å². The molecular formula is C19H22N4O5S2. The van der Waals surface area contributed by atoms with Crippen molar-refractivity contribution in [3.63, 3.8) is 0 Å². The zero-order valence-corrected chi connectivity index (χ0v) is 18.3. The van der Waals surface area contributed by atoms with Crippen molar-refractivity contribution in [3.8, 4) is 11.5 Å². The van der Waals surface area contributed by atoms with E-state index in [1.165, 1.54) is 29.2 Å². The number of methoxy groups -OCH3 is 2. The summed E-state index contributed by atoms with van der Waals surface area (Å²) in [5.41, 5.74) is 0.790. The maximum atomic E-state index is 12.2. The van der Waals surface area contributed by atoms with Gasteiger partial charge in [-0.15, -0.1) is 10.2 Å². The van der Waals surface area contributed by atoms with E-state index >= 15 is 0 Å². The maximum Gasteiger partial charge on any atom is 0.250 e. The molecule has 1 fully saturated rings. The fraction of sp³-hybridized carbons (Fsp3) is 0.368. The minimum absolute atomic E-state index is 0.0435. The first-order valence-electron chi connectivity index (χ1n) is 9.12. The first-order chi connectivity index (χ1) is 14.6. The smallest absolute Gasteiger partial charge is 0.250 e. The number of hydrogen-bond acceptors (Lipinski definition) is 9. The molecule has 2 aromatic rings. The molecule has 1 aliphatic rings. The van der Waals surface area contributed by atoms with Gasteiger partial charge in [0, 0.05) is 19.2 Å². The van der Waals surface area contributed by atoms with E-state index in [2.05, 4.69) is 15.5 Å². The van der Waals surface area contributed by atoms with Gasteiger partial charge in [-0.2, -0.15) is 0 Å². The highest BCUT2D eigenvalue weighted by Gasteiger charge is 2.18. The van der Waals surface area contributed by atoms with E-state index in [0.717, 1.165) is 5.56 Å². The normalized spacial score (nSPS) is 14.0. The second-order valence-corrected chi connectivity index (χ2v) is 8.29. The van der Waals surface area contributed by atoms with Gasteiger partial charge in [0.25, 0.3) is 0 Å². The summed E-state index contributed by atoms with van der Waals surface area (Å²) in [6.45, 7) is 2.37. The van der Waals surface area contributed by atoms with Gasteiger partial charge in [0.05, 0.1) is 33.2 Å². The van der Waals surface area contributed by atoms with Gasteiger partial charge in [-0.25, -0.2) is 0 Å². The first-order valence-corrected chi connectivity index (χ1v) is 10.9. The van der Waals surface area contributed by atoms with Gasteiger partial charge >= 0.3 is 0 Å². The molecule has 0 saturated carbocycles. The van der Waals surface area contributed by atoms with Crippen molar-refractivity contribution in [1.82, 2.24) is 15.1 Å². The fourth-order valence-corrected chi connectivity index (χ4v) is 4.28. The van der Waals surface area contributed by atoms with E-state index < -0.39 is 0 Å². The predicted octanol–water partition coefficient (Wildman–Crippen LogP) is 2.16. The Morgan fingerprint density at radius 2 is 2.00 bits per heavy atom. The van der Waals surface area contributed by atoms with Crippen molar-refractivity contribution in [2.24, 2.45) is 0 Å². The number of amides is 2. The zero-order chi connectivity index (χ0) is 21.3. The van der Waals surface area contributed by atoms with E-state index in [0.29, 0.717) is 47.3 Å². The SMILES string of the molecule is COc1ccc(/C=C/C(=O)Nc2nnc(SCC(=O)N3CCOCC3)s2)cc1OC. The number of morpholine rings is 1. The van der Waals surface area contributed by atoms with Gasteiger partial charge in [0.15, 0.2) is 15.8 Å². The van der Waals surface area contributed by atoms with E-state index in [4.69, 9.17) is 14.2 Å². The summed E-state index contributed by atoms with van der Waals surface area (Å²) in [5.74, 6) is 1.19. The lowest BCUT2D eigenvalue weighted by atomic mass is 10.2. The molecule has 160 valence electrons. The zero-order valence-electron chi connectivity index (χ0n) is 16.6. The van der Waals surface area contributed by atoms with Crippen LogP contribution in [0.15, 0.2) is 28.6 Å². The Morgan fingerprint density at radius 1 is 1.23 bits per heavy atom. The Labute approximate surface area is 182 Å². The van der Waals surface area contributed by atoms with E-state index in [-0.39, 0.29) is 17.6 Å². The molecule has 0 spiro atoms. The number of hydrogen-bond donors (Lipinski definition) is 1. The lowest BCUT2D eigenvalue weighted by Gasteiger charge is -2.26. The standard InChI is InChI=1S/C19H22N4O5S2/c1-26-14-5-3-13(11-15(14)27-2)4-6-16(24)20-18-21-22-19(30-18)29-12-17(25)23-7-9-28-10-8-23/h3-6,11H,7-10,12H2,1-2H3,(H,20,21,24)/b6-4+. The summed E-state index contributed by atoms with van der Waals surface area (Å²) < 4.78 is 16.3. The van der Waals surface area contributed by atoms with Crippen LogP contribution in [-0.4, -0.2) is 73.2 Å². The van der Waals surface area contributed by atoms with Crippen LogP contribution in [0.25, 0.3) is 6.08 Å². The summed E-state index contributed by atoms with van der Waals surface area (Å²) in [7, 11) is 3.12. The Kier molecular flexibility index (Phi) is 8.05. The maximum absolute atomic E-state index is 12.2. The van der Waals surface area contributed by atoms with Crippen molar-refractivity contribution in [3.05, 3.63) is 29.8 Å². The predicted molar refractivity (Wildman–Crippen MR) is 115 cm³/mol. The molecule has 2 amide bonds. The molecule has 9 nitrogen and oxygen atoms in total. The number of carbonyl (C=O) groups excluding carboxylic acids is 2. The molecule has 0 aliphatic carbocycles. The number of rotatable bonds is 8. The second kappa shape index (κ2) is 11.0. The van der Waals surface area contributed by atoms with E-state index in [9.17, 15) is 9.59 Å². The summed E-state index contributed by atoms with van der Waals surface area (Å²) in [5, 5.41) is 11.0. The fourth-order valence-electron chi connectivity index (χ4n) is 2.62. The number of carbonyl (C=O) groups is 2. The highest BCUT2D eigenvalue weighted by Crippen LogP contribution is 2.28. The van der Waals surface area contributed by atoms with Gasteiger partial charge in [-0.1, -0.05) is 29.2 Å². The van der Waals surface area contributed by atoms with Crippen LogP contribution in [0.3, 0.4) is 0 Å². The molecule has 0 radical (unpaired) electrons. The summed E-state index contributed by atoms with van der Waals surface area (Å²) >= 11 is 2.53. The Hall–Kier alpha value is -2.63. The van der Waals surface area contributed by atoms with Crippen LogP contribution in [0.4, 0.5) is 5.13 Å². The van der Waals surface area contributed by atoms with Gasteiger partial charge in [-0.05, 0) is 23.8 Å². The number of nitrogens with zero attached hydrogens (tertiary/aromatic N) is 3. The Morgan fingerprint density at radius 3 is 2.73 bits per heavy atom. The van der Waals surface area contributed by atoms with E-state index in [1.54, 1.807) is 37.3 Å². The van der Waals surface area contributed by atoms with Crippen LogP contribution in [0.5, 0.6) is 11.5 Å². The third-order valence-corrected chi connectivity index (χ3v) is 6.11. The van der Waals surface area contributed by atoms with Crippen molar-refractivity contribution >= 4 is 46.1 Å². The molecule has 0 atom stereocenters. The summed E-state index contributed by atoms with van der Waals surface area (Å²) in [6.07, 6.45) is 3.06. The van der Waals surface area contributed by atoms with Crippen molar-refractivity contribution < 1.29 is 23.8 Å². The van der Waals surface area contributed by atoms with Gasteiger partial charge < -0.3 is 19.1 Å². The van der Waals surface area contributed by atoms with Crippen LogP contribution in [0.2, 0.25) is 0 Å². The molecule has 30 heavy (non-hydrogen) atoms. The monoisotopic (exact) mass is 450 g/mol. The molecule has 0 unspecified atom stereocenters. The molecular weight excluding hydrogens is 428 g/mol. The van der Waals surface area contributed by atoms with Crippen LogP contribution in [0, 0.1) is 0 Å². The quantitative estimate of drug-likeness (QED) is 0.371. The molecule has 3 rings (SSSR count). The number of thioether (sulfide) groups is 1. The average Bonchev–Trinajstić information content (AvgIpc) is 3.23. The highest BCUT2D eigenvalue weighted by atomic mass is 32.2. The molecule has 2 heterocycles. The highest BCUT2D eigenvalue weighted by molar-refractivity contribution is 8.01. The minimum Gasteiger partial charge on any atom is -0.493 e. The van der Waals surface area contributed by atoms with Crippen molar-refractivity contribution in [2.45, 2.75) is 4.34 Å². The van der Waals surface area contributed by atoms with Crippen LogP contribution in [0.1, 0.15) is 5.56 Å². The van der Waals surface area contributed by atoms with Crippen LogP contribution in [-0.2, 0) is 14.3 Å². The molecule has 1 aromatic heterocycles. The molecule has 1 saturated heterocycles. The topological polar surface area (TPSA) is 103 Å². The van der Waals surface area contributed by atoms with Crippen LogP contribution >= 0.6 is 23.1 Å². The first kappa shape index (κ1) is 22.1. The lowest BCUT2D eigenvalue weighted by molar-refractivity contribution is -0.132. The molecule has 1 aliphatic heterocycles. The molecule has 1 N–H and O–H groups in total. The third kappa shape index (κ3) is 6.18. The van der Waals surface area contributed by atoms with E-state index in [1.807, 2.05) is 6.07 Å². The van der Waals surface area contributed by atoms with Gasteiger partial charge in [0.1, 0.15) is 0 Å². The lowest BCUT2D eigenvalue weighted by Crippen LogP contribution is -2.41. The minimum atomic E-state index is -0.332. The molecule has 1 aromatic carbocycles. The summed E-state index contributed by atoms with van der Waals surface area (Å²) in [6, 6.07) is 5.35. The summed E-state index contributed by atoms with van der Waals surface area (Å²) in [4.78, 5) is 26.1. The average molecular weight is 451 g/mol. The number of benzene rings is 1. The number of nitrogens with one attached hydrogen (secondary N) is 1. The van der Waals surface area contributed by atoms with Crippen molar-refractivity contribution in [2.75, 3.05) is 51.6 Å². The Bertz CT molecular complexity index is 912. The number of aromatic nitrogens is 2. The molecule has 11 heteroatoms. The van der Waals surface area contributed by atoms with Crippen molar-refractivity contribution in [1.29, 1.82) is 0 Å². The van der Waals surface area contributed by atoms with Gasteiger partial charge in [-0.3, -0.25) is 14.9 Å². The number of anilines is 1. The van der Waals surface area contributed by atoms with Crippen LogP contribution < -0.4 is 14.8 Å². The largest absolute Gasteiger partial charge is 0.493 e. The molecule has 0 bridgehead atoms. The number of ether oxygens (including phenoxy) is 3.